The van der Waals surface area contributed by atoms with E-state index in [2.05, 4.69) is 42.6 Å². The molecule has 1 aromatic rings. The molecule has 3 nitrogen and oxygen atoms in total. The third kappa shape index (κ3) is 7.43. The maximum atomic E-state index is 8.55. The predicted octanol–water partition coefficient (Wildman–Crippen LogP) is 2.00. The van der Waals surface area contributed by atoms with E-state index in [4.69, 9.17) is 9.84 Å². The standard InChI is InChI=1S/C15H25NO2/c1-14(16-10-5-12-18-13-11-17)8-9-15-6-3-2-4-7-15/h2-4,6-7,14,16-17H,5,8-13H2,1H3. The number of benzene rings is 1. The monoisotopic (exact) mass is 251 g/mol. The molecule has 18 heavy (non-hydrogen) atoms. The summed E-state index contributed by atoms with van der Waals surface area (Å²) in [7, 11) is 0. The second-order valence-corrected chi connectivity index (χ2v) is 4.57. The first-order valence-electron chi connectivity index (χ1n) is 6.79. The number of hydrogen-bond donors (Lipinski definition) is 2. The van der Waals surface area contributed by atoms with Gasteiger partial charge in [0.15, 0.2) is 0 Å². The number of aliphatic hydroxyl groups excluding tert-OH is 1. The van der Waals surface area contributed by atoms with Crippen molar-refractivity contribution in [2.45, 2.75) is 32.2 Å². The molecule has 1 atom stereocenters. The maximum absolute atomic E-state index is 8.55. The summed E-state index contributed by atoms with van der Waals surface area (Å²) in [5.74, 6) is 0. The van der Waals surface area contributed by atoms with Crippen LogP contribution in [0.5, 0.6) is 0 Å². The topological polar surface area (TPSA) is 41.5 Å². The Morgan fingerprint density at radius 3 is 2.72 bits per heavy atom. The minimum Gasteiger partial charge on any atom is -0.394 e. The van der Waals surface area contributed by atoms with Crippen LogP contribution in [0.3, 0.4) is 0 Å². The Morgan fingerprint density at radius 2 is 2.00 bits per heavy atom. The first kappa shape index (κ1) is 15.2. The minimum atomic E-state index is 0.112. The van der Waals surface area contributed by atoms with Crippen LogP contribution in [0.2, 0.25) is 0 Å². The van der Waals surface area contributed by atoms with Crippen molar-refractivity contribution >= 4 is 0 Å². The molecule has 0 heterocycles. The van der Waals surface area contributed by atoms with Gasteiger partial charge < -0.3 is 15.2 Å². The molecule has 0 bridgehead atoms. The van der Waals surface area contributed by atoms with Crippen LogP contribution < -0.4 is 5.32 Å². The largest absolute Gasteiger partial charge is 0.394 e. The Balaban J connectivity index is 1.99. The van der Waals surface area contributed by atoms with Crippen LogP contribution in [-0.4, -0.2) is 37.5 Å². The highest BCUT2D eigenvalue weighted by Gasteiger charge is 2.01. The van der Waals surface area contributed by atoms with Crippen molar-refractivity contribution in [3.63, 3.8) is 0 Å². The fourth-order valence-corrected chi connectivity index (χ4v) is 1.82. The Hall–Kier alpha value is -0.900. The van der Waals surface area contributed by atoms with Crippen molar-refractivity contribution in [3.05, 3.63) is 35.9 Å². The van der Waals surface area contributed by atoms with Gasteiger partial charge in [-0.1, -0.05) is 30.3 Å². The summed E-state index contributed by atoms with van der Waals surface area (Å²) < 4.78 is 5.20. The van der Waals surface area contributed by atoms with E-state index in [1.54, 1.807) is 0 Å². The molecule has 1 aromatic carbocycles. The van der Waals surface area contributed by atoms with Crippen LogP contribution in [0.25, 0.3) is 0 Å². The lowest BCUT2D eigenvalue weighted by atomic mass is 10.1. The first-order valence-corrected chi connectivity index (χ1v) is 6.79. The van der Waals surface area contributed by atoms with Gasteiger partial charge >= 0.3 is 0 Å². The molecule has 1 rings (SSSR count). The normalized spacial score (nSPS) is 12.6. The van der Waals surface area contributed by atoms with Gasteiger partial charge in [0.1, 0.15) is 0 Å². The van der Waals surface area contributed by atoms with E-state index >= 15 is 0 Å². The third-order valence-electron chi connectivity index (χ3n) is 2.90. The van der Waals surface area contributed by atoms with E-state index in [9.17, 15) is 0 Å². The van der Waals surface area contributed by atoms with Crippen molar-refractivity contribution in [3.8, 4) is 0 Å². The van der Waals surface area contributed by atoms with Crippen molar-refractivity contribution < 1.29 is 9.84 Å². The molecule has 0 aromatic heterocycles. The SMILES string of the molecule is CC(CCc1ccccc1)NCCCOCCO. The van der Waals surface area contributed by atoms with Gasteiger partial charge in [0, 0.05) is 12.6 Å². The zero-order valence-corrected chi connectivity index (χ0v) is 11.3. The van der Waals surface area contributed by atoms with Crippen LogP contribution >= 0.6 is 0 Å². The molecule has 0 saturated heterocycles. The van der Waals surface area contributed by atoms with Crippen LogP contribution in [0.1, 0.15) is 25.3 Å². The molecule has 1 unspecified atom stereocenters. The molecule has 2 N–H and O–H groups in total. The third-order valence-corrected chi connectivity index (χ3v) is 2.90. The molecular formula is C15H25NO2. The Morgan fingerprint density at radius 1 is 1.22 bits per heavy atom. The van der Waals surface area contributed by atoms with Crippen molar-refractivity contribution in [1.29, 1.82) is 0 Å². The zero-order chi connectivity index (χ0) is 13.1. The lowest BCUT2D eigenvalue weighted by Crippen LogP contribution is -2.28. The second kappa shape index (κ2) is 10.1. The molecule has 0 aliphatic carbocycles. The number of ether oxygens (including phenoxy) is 1. The highest BCUT2D eigenvalue weighted by Crippen LogP contribution is 2.04. The van der Waals surface area contributed by atoms with Crippen LogP contribution in [0.15, 0.2) is 30.3 Å². The minimum absolute atomic E-state index is 0.112. The second-order valence-electron chi connectivity index (χ2n) is 4.57. The molecule has 0 spiro atoms. The molecule has 0 fully saturated rings. The van der Waals surface area contributed by atoms with E-state index in [1.165, 1.54) is 5.56 Å². The van der Waals surface area contributed by atoms with Crippen molar-refractivity contribution in [2.24, 2.45) is 0 Å². The fourth-order valence-electron chi connectivity index (χ4n) is 1.82. The van der Waals surface area contributed by atoms with E-state index in [-0.39, 0.29) is 6.61 Å². The molecular weight excluding hydrogens is 226 g/mol. The van der Waals surface area contributed by atoms with Crippen molar-refractivity contribution in [2.75, 3.05) is 26.4 Å². The smallest absolute Gasteiger partial charge is 0.0697 e. The molecule has 3 heteroatoms. The summed E-state index contributed by atoms with van der Waals surface area (Å²) >= 11 is 0. The van der Waals surface area contributed by atoms with Crippen LogP contribution in [0.4, 0.5) is 0 Å². The van der Waals surface area contributed by atoms with Gasteiger partial charge in [-0.2, -0.15) is 0 Å². The Labute approximate surface area is 110 Å². The molecule has 102 valence electrons. The van der Waals surface area contributed by atoms with Gasteiger partial charge in [-0.15, -0.1) is 0 Å². The van der Waals surface area contributed by atoms with E-state index < -0.39 is 0 Å². The first-order chi connectivity index (χ1) is 8.83. The molecule has 0 saturated carbocycles. The fraction of sp³-hybridized carbons (Fsp3) is 0.600. The summed E-state index contributed by atoms with van der Waals surface area (Å²) in [5.41, 5.74) is 1.40. The van der Waals surface area contributed by atoms with E-state index in [0.717, 1.165) is 32.4 Å². The summed E-state index contributed by atoms with van der Waals surface area (Å²) in [6, 6.07) is 11.1. The number of rotatable bonds is 10. The van der Waals surface area contributed by atoms with Gasteiger partial charge in [0.2, 0.25) is 0 Å². The molecule has 0 amide bonds. The summed E-state index contributed by atoms with van der Waals surface area (Å²) in [5, 5.41) is 12.0. The Kier molecular flexibility index (Phi) is 8.47. The highest BCUT2D eigenvalue weighted by molar-refractivity contribution is 5.14. The summed E-state index contributed by atoms with van der Waals surface area (Å²) in [4.78, 5) is 0. The maximum Gasteiger partial charge on any atom is 0.0697 e. The predicted molar refractivity (Wildman–Crippen MR) is 74.7 cm³/mol. The number of nitrogens with one attached hydrogen (secondary N) is 1. The van der Waals surface area contributed by atoms with E-state index in [0.29, 0.717) is 12.6 Å². The van der Waals surface area contributed by atoms with Gasteiger partial charge in [0.05, 0.1) is 13.2 Å². The number of hydrogen-bond acceptors (Lipinski definition) is 3. The van der Waals surface area contributed by atoms with Gasteiger partial charge in [0.25, 0.3) is 0 Å². The van der Waals surface area contributed by atoms with E-state index in [1.807, 2.05) is 0 Å². The van der Waals surface area contributed by atoms with Crippen molar-refractivity contribution in [1.82, 2.24) is 5.32 Å². The van der Waals surface area contributed by atoms with Gasteiger partial charge in [-0.3, -0.25) is 0 Å². The average molecular weight is 251 g/mol. The summed E-state index contributed by atoms with van der Waals surface area (Å²) in [6.45, 7) is 4.47. The zero-order valence-electron chi connectivity index (χ0n) is 11.3. The quantitative estimate of drug-likeness (QED) is 0.625. The number of aliphatic hydroxyl groups is 1. The Bertz CT molecular complexity index is 290. The lowest BCUT2D eigenvalue weighted by molar-refractivity contribution is 0.0904. The van der Waals surface area contributed by atoms with Crippen LogP contribution in [0, 0.1) is 0 Å². The molecule has 0 aliphatic rings. The highest BCUT2D eigenvalue weighted by atomic mass is 16.5. The summed E-state index contributed by atoms with van der Waals surface area (Å²) in [6.07, 6.45) is 3.27. The molecule has 0 radical (unpaired) electrons. The van der Waals surface area contributed by atoms with Gasteiger partial charge in [-0.05, 0) is 38.3 Å². The van der Waals surface area contributed by atoms with Crippen LogP contribution in [-0.2, 0) is 11.2 Å². The van der Waals surface area contributed by atoms with Gasteiger partial charge in [-0.25, -0.2) is 0 Å². The number of aryl methyl sites for hydroxylation is 1. The molecule has 0 aliphatic heterocycles. The lowest BCUT2D eigenvalue weighted by Gasteiger charge is -2.13. The average Bonchev–Trinajstić information content (AvgIpc) is 2.41.